The summed E-state index contributed by atoms with van der Waals surface area (Å²) < 4.78 is 0. The van der Waals surface area contributed by atoms with E-state index in [1.54, 1.807) is 12.4 Å². The van der Waals surface area contributed by atoms with E-state index in [0.717, 1.165) is 0 Å². The molecule has 1 rings (SSSR count). The predicted molar refractivity (Wildman–Crippen MR) is 27.9 cm³/mol. The summed E-state index contributed by atoms with van der Waals surface area (Å²) in [4.78, 5) is 13.4. The number of nitrogens with zero attached hydrogens (tertiary/aromatic N) is 1. The Morgan fingerprint density at radius 3 is 3.00 bits per heavy atom. The first-order chi connectivity index (χ1) is 3.93. The number of hydrogen-bond acceptors (Lipinski definition) is 2. The van der Waals surface area contributed by atoms with Gasteiger partial charge in [-0.25, -0.2) is 0 Å². The normalized spacial score (nSPS) is 8.50. The van der Waals surface area contributed by atoms with Gasteiger partial charge in [0, 0.05) is 6.20 Å². The standard InChI is InChI=1S/C6H3NO/c8-5-6-3-1-2-4-7-6/h2-4H. The van der Waals surface area contributed by atoms with Crippen molar-refractivity contribution in [3.63, 3.8) is 0 Å². The van der Waals surface area contributed by atoms with Gasteiger partial charge >= 0.3 is 0 Å². The van der Waals surface area contributed by atoms with E-state index in [1.807, 2.05) is 0 Å². The molecule has 0 saturated heterocycles. The average Bonchev–Trinajstić information content (AvgIpc) is 1.90. The first-order valence-corrected chi connectivity index (χ1v) is 2.14. The van der Waals surface area contributed by atoms with Gasteiger partial charge in [0.2, 0.25) is 0 Å². The van der Waals surface area contributed by atoms with Crippen LogP contribution in [0.4, 0.5) is 0 Å². The third-order valence-corrected chi connectivity index (χ3v) is 0.709. The van der Waals surface area contributed by atoms with Crippen molar-refractivity contribution in [1.29, 1.82) is 0 Å². The van der Waals surface area contributed by atoms with Crippen LogP contribution in [-0.4, -0.2) is 11.3 Å². The zero-order valence-electron chi connectivity index (χ0n) is 4.09. The maximum Gasteiger partial charge on any atom is 0.253 e. The summed E-state index contributed by atoms with van der Waals surface area (Å²) in [6.45, 7) is 0. The van der Waals surface area contributed by atoms with Crippen molar-refractivity contribution in [1.82, 2.24) is 4.98 Å². The summed E-state index contributed by atoms with van der Waals surface area (Å²) in [5, 5.41) is 0. The van der Waals surface area contributed by atoms with E-state index in [9.17, 15) is 4.79 Å². The fourth-order valence-electron chi connectivity index (χ4n) is 0.381. The first kappa shape index (κ1) is 4.97. The lowest BCUT2D eigenvalue weighted by Crippen LogP contribution is -1.81. The van der Waals surface area contributed by atoms with Gasteiger partial charge in [-0.2, -0.15) is 0 Å². The summed E-state index contributed by atoms with van der Waals surface area (Å²) in [5.74, 6) is 0. The Hall–Kier alpha value is -1.18. The van der Waals surface area contributed by atoms with Crippen molar-refractivity contribution in [3.05, 3.63) is 30.1 Å². The van der Waals surface area contributed by atoms with Gasteiger partial charge in [0.05, 0.1) is 0 Å². The van der Waals surface area contributed by atoms with E-state index in [2.05, 4.69) is 11.1 Å². The predicted octanol–water partition coefficient (Wildman–Crippen LogP) is 0.340. The Balaban J connectivity index is 2.99. The van der Waals surface area contributed by atoms with E-state index in [0.29, 0.717) is 5.69 Å². The lowest BCUT2D eigenvalue weighted by Gasteiger charge is -1.79. The monoisotopic (exact) mass is 105 g/mol. The van der Waals surface area contributed by atoms with Crippen LogP contribution in [-0.2, 0) is 4.79 Å². The topological polar surface area (TPSA) is 30.0 Å². The second kappa shape index (κ2) is 2.21. The second-order valence-electron chi connectivity index (χ2n) is 1.24. The average molecular weight is 105 g/mol. The molecule has 0 aromatic carbocycles. The van der Waals surface area contributed by atoms with Gasteiger partial charge in [-0.15, -0.1) is 0 Å². The van der Waals surface area contributed by atoms with E-state index in [4.69, 9.17) is 0 Å². The molecule has 0 spiro atoms. The van der Waals surface area contributed by atoms with Gasteiger partial charge in [-0.3, -0.25) is 9.78 Å². The van der Waals surface area contributed by atoms with E-state index in [1.165, 1.54) is 12.3 Å². The minimum Gasteiger partial charge on any atom is -0.283 e. The van der Waals surface area contributed by atoms with Gasteiger partial charge in [-0.1, -0.05) is 0 Å². The second-order valence-corrected chi connectivity index (χ2v) is 1.24. The van der Waals surface area contributed by atoms with Gasteiger partial charge in [0.15, 0.2) is 0 Å². The largest absolute Gasteiger partial charge is 0.283 e. The minimum atomic E-state index is 0.299. The maximum absolute atomic E-state index is 9.80. The van der Waals surface area contributed by atoms with Crippen LogP contribution >= 0.6 is 0 Å². The molecular weight excluding hydrogens is 102 g/mol. The molecule has 0 bridgehead atoms. The highest BCUT2D eigenvalue weighted by molar-refractivity contribution is 5.71. The van der Waals surface area contributed by atoms with Crippen molar-refractivity contribution < 1.29 is 4.79 Å². The molecule has 0 amide bonds. The smallest absolute Gasteiger partial charge is 0.253 e. The first-order valence-electron chi connectivity index (χ1n) is 2.14. The van der Waals surface area contributed by atoms with Crippen LogP contribution in [0.3, 0.4) is 0 Å². The maximum atomic E-state index is 9.80. The fourth-order valence-corrected chi connectivity index (χ4v) is 0.381. The van der Waals surface area contributed by atoms with Crippen LogP contribution in [0.1, 0.15) is 5.69 Å². The molecule has 0 saturated carbocycles. The summed E-state index contributed by atoms with van der Waals surface area (Å²) in [7, 11) is 0. The van der Waals surface area contributed by atoms with Crippen LogP contribution in [0.15, 0.2) is 18.3 Å². The van der Waals surface area contributed by atoms with Crippen molar-refractivity contribution >= 4 is 6.29 Å². The molecule has 2 heteroatoms. The third kappa shape index (κ3) is 0.904. The Labute approximate surface area is 47.2 Å². The zero-order valence-corrected chi connectivity index (χ0v) is 4.09. The molecule has 0 N–H and O–H groups in total. The molecule has 0 aliphatic rings. The molecular formula is C6H3NO. The SMILES string of the molecule is O=[C]c1c[c]ccn1. The van der Waals surface area contributed by atoms with Crippen LogP contribution in [0.25, 0.3) is 0 Å². The molecule has 0 fully saturated rings. The lowest BCUT2D eigenvalue weighted by atomic mass is 10.4. The van der Waals surface area contributed by atoms with Crippen molar-refractivity contribution in [2.45, 2.75) is 0 Å². The zero-order chi connectivity index (χ0) is 5.82. The quantitative estimate of drug-likeness (QED) is 0.515. The molecule has 1 aromatic rings. The van der Waals surface area contributed by atoms with Gasteiger partial charge in [0.25, 0.3) is 6.29 Å². The van der Waals surface area contributed by atoms with Crippen molar-refractivity contribution in [2.24, 2.45) is 0 Å². The van der Waals surface area contributed by atoms with Crippen molar-refractivity contribution in [2.75, 3.05) is 0 Å². The Morgan fingerprint density at radius 2 is 2.62 bits per heavy atom. The van der Waals surface area contributed by atoms with Gasteiger partial charge in [-0.05, 0) is 18.2 Å². The molecule has 8 heavy (non-hydrogen) atoms. The van der Waals surface area contributed by atoms with E-state index < -0.39 is 0 Å². The molecule has 1 aromatic heterocycles. The number of rotatable bonds is 1. The van der Waals surface area contributed by atoms with Crippen LogP contribution in [0.2, 0.25) is 0 Å². The molecule has 38 valence electrons. The fraction of sp³-hybridized carbons (Fsp3) is 0. The van der Waals surface area contributed by atoms with Crippen molar-refractivity contribution in [3.8, 4) is 0 Å². The van der Waals surface area contributed by atoms with Gasteiger partial charge < -0.3 is 0 Å². The molecule has 0 unspecified atom stereocenters. The van der Waals surface area contributed by atoms with Gasteiger partial charge in [0.1, 0.15) is 5.69 Å². The van der Waals surface area contributed by atoms with E-state index in [-0.39, 0.29) is 0 Å². The summed E-state index contributed by atoms with van der Waals surface area (Å²) in [6, 6.07) is 5.79. The highest BCUT2D eigenvalue weighted by Crippen LogP contribution is 1.84. The highest BCUT2D eigenvalue weighted by atomic mass is 16.1. The Kier molecular flexibility index (Phi) is 1.37. The van der Waals surface area contributed by atoms with Crippen LogP contribution in [0, 0.1) is 6.07 Å². The van der Waals surface area contributed by atoms with Crippen LogP contribution in [0.5, 0.6) is 0 Å². The Bertz CT molecular complexity index is 171. The number of pyridine rings is 1. The number of aromatic nitrogens is 1. The molecule has 1 heterocycles. The number of carbonyl (C=O) groups excluding carboxylic acids is 1. The van der Waals surface area contributed by atoms with Crippen LogP contribution < -0.4 is 0 Å². The Morgan fingerprint density at radius 1 is 1.75 bits per heavy atom. The molecule has 0 aliphatic heterocycles. The molecule has 0 atom stereocenters. The highest BCUT2D eigenvalue weighted by Gasteiger charge is 1.84. The summed E-state index contributed by atoms with van der Waals surface area (Å²) in [5.41, 5.74) is 0.299. The number of hydrogen-bond donors (Lipinski definition) is 0. The van der Waals surface area contributed by atoms with E-state index >= 15 is 0 Å². The third-order valence-electron chi connectivity index (χ3n) is 0.709. The minimum absolute atomic E-state index is 0.299. The molecule has 0 aliphatic carbocycles. The summed E-state index contributed by atoms with van der Waals surface area (Å²) in [6.07, 6.45) is 3.13. The molecule has 2 radical (unpaired) electrons. The summed E-state index contributed by atoms with van der Waals surface area (Å²) >= 11 is 0. The molecule has 2 nitrogen and oxygen atoms in total. The lowest BCUT2D eigenvalue weighted by molar-refractivity contribution is 0.561.